The van der Waals surface area contributed by atoms with Crippen molar-refractivity contribution >= 4 is 34.1 Å². The van der Waals surface area contributed by atoms with Gasteiger partial charge in [-0.2, -0.15) is 5.10 Å². The fraction of sp³-hybridized carbons (Fsp3) is 0.185. The van der Waals surface area contributed by atoms with Crippen molar-refractivity contribution in [1.82, 2.24) is 10.4 Å². The zero-order valence-electron chi connectivity index (χ0n) is 19.2. The average Bonchev–Trinajstić information content (AvgIpc) is 3.24. The number of nitrogens with zero attached hydrogens (tertiary/aromatic N) is 2. The maximum absolute atomic E-state index is 13.1. The van der Waals surface area contributed by atoms with Crippen LogP contribution in [0.25, 0.3) is 10.9 Å². The summed E-state index contributed by atoms with van der Waals surface area (Å²) in [6.45, 7) is 1.69. The summed E-state index contributed by atoms with van der Waals surface area (Å²) in [7, 11) is 0. The number of para-hydroxylation sites is 1. The lowest BCUT2D eigenvalue weighted by molar-refractivity contribution is -0.123. The average molecular weight is 469 g/mol. The SMILES string of the molecule is Cc1c(C(=O)Nc2cccc3ncccc23)oc2c1/C(=N/NC(=O)COc1ccccc1)CCC2. The molecule has 1 aliphatic rings. The van der Waals surface area contributed by atoms with Crippen molar-refractivity contribution in [1.29, 1.82) is 0 Å². The highest BCUT2D eigenvalue weighted by molar-refractivity contribution is 6.11. The van der Waals surface area contributed by atoms with E-state index in [2.05, 4.69) is 20.8 Å². The fourth-order valence-electron chi connectivity index (χ4n) is 4.22. The number of furan rings is 1. The summed E-state index contributed by atoms with van der Waals surface area (Å²) in [6.07, 6.45) is 3.90. The van der Waals surface area contributed by atoms with E-state index in [-0.39, 0.29) is 24.2 Å². The number of benzene rings is 2. The van der Waals surface area contributed by atoms with Gasteiger partial charge in [-0.15, -0.1) is 0 Å². The Morgan fingerprint density at radius 2 is 1.91 bits per heavy atom. The highest BCUT2D eigenvalue weighted by Gasteiger charge is 2.28. The number of aryl methyl sites for hydroxylation is 1. The summed E-state index contributed by atoms with van der Waals surface area (Å²) in [6, 6.07) is 18.4. The summed E-state index contributed by atoms with van der Waals surface area (Å²) in [4.78, 5) is 29.7. The Hall–Kier alpha value is -4.46. The van der Waals surface area contributed by atoms with E-state index in [1.54, 1.807) is 18.3 Å². The molecule has 0 unspecified atom stereocenters. The maximum Gasteiger partial charge on any atom is 0.291 e. The standard InChI is InChI=1S/C27H24N4O4/c1-17-25-22(30-31-24(32)16-34-18-8-3-2-4-9-18)13-6-14-23(25)35-26(17)27(33)29-21-12-5-11-20-19(21)10-7-15-28-20/h2-5,7-12,15H,6,13-14,16H2,1H3,(H,29,33)(H,31,32)/b30-22+. The smallest absolute Gasteiger partial charge is 0.291 e. The molecule has 0 aliphatic heterocycles. The van der Waals surface area contributed by atoms with E-state index in [9.17, 15) is 9.59 Å². The number of hydrogen-bond acceptors (Lipinski definition) is 6. The summed E-state index contributed by atoms with van der Waals surface area (Å²) in [5, 5.41) is 8.13. The second-order valence-corrected chi connectivity index (χ2v) is 8.23. The molecule has 5 rings (SSSR count). The molecule has 0 radical (unpaired) electrons. The Morgan fingerprint density at radius 1 is 1.06 bits per heavy atom. The third kappa shape index (κ3) is 4.77. The molecule has 0 saturated heterocycles. The Morgan fingerprint density at radius 3 is 2.77 bits per heavy atom. The summed E-state index contributed by atoms with van der Waals surface area (Å²) in [5.41, 5.74) is 6.19. The molecule has 8 heteroatoms. The van der Waals surface area contributed by atoms with Gasteiger partial charge in [0.25, 0.3) is 11.8 Å². The molecule has 2 aromatic carbocycles. The molecule has 0 fully saturated rings. The molecule has 0 spiro atoms. The first-order valence-electron chi connectivity index (χ1n) is 11.4. The molecule has 4 aromatic rings. The minimum atomic E-state index is -0.364. The van der Waals surface area contributed by atoms with Gasteiger partial charge in [-0.25, -0.2) is 5.43 Å². The number of rotatable bonds is 6. The molecule has 0 saturated carbocycles. The van der Waals surface area contributed by atoms with Crippen LogP contribution < -0.4 is 15.5 Å². The number of aromatic nitrogens is 1. The van der Waals surface area contributed by atoms with Crippen molar-refractivity contribution in [2.45, 2.75) is 26.2 Å². The molecule has 176 valence electrons. The lowest BCUT2D eigenvalue weighted by Crippen LogP contribution is -2.27. The van der Waals surface area contributed by atoms with E-state index < -0.39 is 0 Å². The van der Waals surface area contributed by atoms with Gasteiger partial charge in [-0.05, 0) is 56.2 Å². The van der Waals surface area contributed by atoms with Crippen LogP contribution in [0.5, 0.6) is 5.75 Å². The minimum absolute atomic E-state index is 0.147. The van der Waals surface area contributed by atoms with Gasteiger partial charge in [0.2, 0.25) is 0 Å². The van der Waals surface area contributed by atoms with Crippen molar-refractivity contribution < 1.29 is 18.7 Å². The predicted molar refractivity (Wildman–Crippen MR) is 133 cm³/mol. The molecule has 0 bridgehead atoms. The second kappa shape index (κ2) is 9.80. The number of amides is 2. The molecule has 2 heterocycles. The van der Waals surface area contributed by atoms with E-state index in [1.165, 1.54) is 0 Å². The van der Waals surface area contributed by atoms with E-state index in [4.69, 9.17) is 9.15 Å². The molecule has 2 N–H and O–H groups in total. The molecular formula is C27H24N4O4. The van der Waals surface area contributed by atoms with Gasteiger partial charge in [0.05, 0.1) is 16.9 Å². The fourth-order valence-corrected chi connectivity index (χ4v) is 4.22. The van der Waals surface area contributed by atoms with Crippen molar-refractivity contribution in [2.75, 3.05) is 11.9 Å². The van der Waals surface area contributed by atoms with Gasteiger partial charge in [0, 0.05) is 29.1 Å². The maximum atomic E-state index is 13.1. The molecule has 0 atom stereocenters. The zero-order chi connectivity index (χ0) is 24.2. The summed E-state index contributed by atoms with van der Waals surface area (Å²) in [5.74, 6) is 0.847. The summed E-state index contributed by atoms with van der Waals surface area (Å²) >= 11 is 0. The number of hydrazone groups is 1. The van der Waals surface area contributed by atoms with Crippen LogP contribution in [0.15, 0.2) is 76.4 Å². The van der Waals surface area contributed by atoms with Gasteiger partial charge >= 0.3 is 0 Å². The number of ether oxygens (including phenoxy) is 1. The van der Waals surface area contributed by atoms with Gasteiger partial charge in [-0.1, -0.05) is 24.3 Å². The first-order valence-corrected chi connectivity index (χ1v) is 11.4. The normalized spacial score (nSPS) is 13.9. The minimum Gasteiger partial charge on any atom is -0.484 e. The van der Waals surface area contributed by atoms with Crippen molar-refractivity contribution in [3.8, 4) is 5.75 Å². The lowest BCUT2D eigenvalue weighted by Gasteiger charge is -2.13. The van der Waals surface area contributed by atoms with Crippen LogP contribution in [0.2, 0.25) is 0 Å². The Balaban J connectivity index is 1.32. The van der Waals surface area contributed by atoms with Crippen LogP contribution in [0.1, 0.15) is 40.3 Å². The van der Waals surface area contributed by atoms with Crippen LogP contribution in [-0.2, 0) is 11.2 Å². The predicted octanol–water partition coefficient (Wildman–Crippen LogP) is 4.62. The number of fused-ring (bicyclic) bond motifs is 2. The molecule has 2 aromatic heterocycles. The van der Waals surface area contributed by atoms with E-state index >= 15 is 0 Å². The third-order valence-electron chi connectivity index (χ3n) is 5.85. The van der Waals surface area contributed by atoms with Gasteiger partial charge in [0.1, 0.15) is 11.5 Å². The van der Waals surface area contributed by atoms with Crippen molar-refractivity contribution in [3.63, 3.8) is 0 Å². The van der Waals surface area contributed by atoms with Crippen LogP contribution >= 0.6 is 0 Å². The first kappa shape index (κ1) is 22.3. The largest absolute Gasteiger partial charge is 0.484 e. The van der Waals surface area contributed by atoms with E-state index in [0.29, 0.717) is 41.3 Å². The number of nitrogens with one attached hydrogen (secondary N) is 2. The number of carbonyl (C=O) groups is 2. The highest BCUT2D eigenvalue weighted by Crippen LogP contribution is 2.31. The van der Waals surface area contributed by atoms with E-state index in [1.807, 2.05) is 55.5 Å². The monoisotopic (exact) mass is 468 g/mol. The zero-order valence-corrected chi connectivity index (χ0v) is 19.2. The topological polar surface area (TPSA) is 106 Å². The number of anilines is 1. The highest BCUT2D eigenvalue weighted by atomic mass is 16.5. The van der Waals surface area contributed by atoms with Gasteiger partial charge in [0.15, 0.2) is 12.4 Å². The Bertz CT molecular complexity index is 1420. The van der Waals surface area contributed by atoms with Crippen molar-refractivity contribution in [2.24, 2.45) is 5.10 Å². The first-order chi connectivity index (χ1) is 17.1. The quantitative estimate of drug-likeness (QED) is 0.402. The molecule has 8 nitrogen and oxygen atoms in total. The van der Waals surface area contributed by atoms with Crippen LogP contribution in [0, 0.1) is 6.92 Å². The molecule has 1 aliphatic carbocycles. The number of pyridine rings is 1. The number of carbonyl (C=O) groups excluding carboxylic acids is 2. The lowest BCUT2D eigenvalue weighted by atomic mass is 9.93. The Labute approximate surface area is 202 Å². The third-order valence-corrected chi connectivity index (χ3v) is 5.85. The van der Waals surface area contributed by atoms with Crippen molar-refractivity contribution in [3.05, 3.63) is 89.5 Å². The number of hydrogen-bond donors (Lipinski definition) is 2. The Kier molecular flexibility index (Phi) is 6.26. The van der Waals surface area contributed by atoms with Crippen LogP contribution in [0.3, 0.4) is 0 Å². The summed E-state index contributed by atoms with van der Waals surface area (Å²) < 4.78 is 11.4. The second-order valence-electron chi connectivity index (χ2n) is 8.23. The molecular weight excluding hydrogens is 444 g/mol. The van der Waals surface area contributed by atoms with Crippen LogP contribution in [0.4, 0.5) is 5.69 Å². The molecule has 2 amide bonds. The van der Waals surface area contributed by atoms with Gasteiger partial charge < -0.3 is 14.5 Å². The molecule has 35 heavy (non-hydrogen) atoms. The van der Waals surface area contributed by atoms with E-state index in [0.717, 1.165) is 22.9 Å². The van der Waals surface area contributed by atoms with Crippen LogP contribution in [-0.4, -0.2) is 29.1 Å². The van der Waals surface area contributed by atoms with Gasteiger partial charge in [-0.3, -0.25) is 14.6 Å².